The second kappa shape index (κ2) is 17.2. The predicted molar refractivity (Wildman–Crippen MR) is 158 cm³/mol. The van der Waals surface area contributed by atoms with Crippen molar-refractivity contribution < 1.29 is 37.6 Å². The van der Waals surface area contributed by atoms with Gasteiger partial charge < -0.3 is 18.4 Å². The Morgan fingerprint density at radius 1 is 0.829 bits per heavy atom. The van der Waals surface area contributed by atoms with Gasteiger partial charge in [-0.05, 0) is 75.2 Å². The Labute approximate surface area is 243 Å². The van der Waals surface area contributed by atoms with Gasteiger partial charge in [-0.1, -0.05) is 50.0 Å². The molecule has 0 amide bonds. The minimum absolute atomic E-state index is 0.137. The predicted octanol–water partition coefficient (Wildman–Crippen LogP) is 6.66. The first-order valence-electron chi connectivity index (χ1n) is 14.1. The summed E-state index contributed by atoms with van der Waals surface area (Å²) in [7, 11) is -0.909. The fourth-order valence-corrected chi connectivity index (χ4v) is 4.65. The van der Waals surface area contributed by atoms with Gasteiger partial charge in [0.05, 0.1) is 5.56 Å². The number of nitrogens with zero attached hydrogens (tertiary/aromatic N) is 1. The summed E-state index contributed by atoms with van der Waals surface area (Å²) in [6.07, 6.45) is 4.55. The summed E-state index contributed by atoms with van der Waals surface area (Å²) in [5.41, 5.74) is 0.868. The second-order valence-corrected chi connectivity index (χ2v) is 13.5. The molecule has 2 aromatic carbocycles. The largest absolute Gasteiger partial charge is 0.494 e. The number of oxime groups is 1. The van der Waals surface area contributed by atoms with Crippen LogP contribution in [0.2, 0.25) is 13.1 Å². The fraction of sp³-hybridized carbons (Fsp3) is 0.452. The average molecular weight is 584 g/mol. The number of esters is 1. The van der Waals surface area contributed by atoms with Crippen LogP contribution in [0.25, 0.3) is 0 Å². The van der Waals surface area contributed by atoms with Gasteiger partial charge in [0.25, 0.3) is 5.97 Å². The third kappa shape index (κ3) is 11.8. The number of benzene rings is 2. The van der Waals surface area contributed by atoms with Crippen LogP contribution in [0.1, 0.15) is 85.9 Å². The minimum Gasteiger partial charge on any atom is -0.494 e. The summed E-state index contributed by atoms with van der Waals surface area (Å²) in [5, 5.41) is 4.04. The van der Waals surface area contributed by atoms with Crippen LogP contribution in [0.4, 0.5) is 0 Å². The number of hydrogen-bond acceptors (Lipinski definition) is 9. The number of carbonyl (C=O) groups excluding carboxylic acids is 4. The van der Waals surface area contributed by atoms with Crippen LogP contribution in [0.3, 0.4) is 0 Å². The van der Waals surface area contributed by atoms with E-state index in [1.54, 1.807) is 67.7 Å². The lowest BCUT2D eigenvalue weighted by atomic mass is 9.89. The maximum atomic E-state index is 13.5. The lowest BCUT2D eigenvalue weighted by molar-refractivity contribution is -0.137. The molecular weight excluding hydrogens is 542 g/mol. The average Bonchev–Trinajstić information content (AvgIpc) is 2.97. The van der Waals surface area contributed by atoms with Crippen LogP contribution in [0, 0.1) is 5.92 Å². The third-order valence-corrected chi connectivity index (χ3v) is 8.17. The molecule has 0 aliphatic carbocycles. The summed E-state index contributed by atoms with van der Waals surface area (Å²) in [6, 6.07) is 14.7. The number of ether oxygens (including phenoxy) is 1. The van der Waals surface area contributed by atoms with Crippen molar-refractivity contribution >= 4 is 38.0 Å². The van der Waals surface area contributed by atoms with Crippen molar-refractivity contribution in [2.75, 3.05) is 7.11 Å². The molecule has 0 aromatic heterocycles. The Bertz CT molecular complexity index is 1180. The van der Waals surface area contributed by atoms with Gasteiger partial charge in [-0.25, -0.2) is 4.79 Å². The van der Waals surface area contributed by atoms with Crippen molar-refractivity contribution in [3.63, 3.8) is 0 Å². The summed E-state index contributed by atoms with van der Waals surface area (Å²) in [4.78, 5) is 55.3. The van der Waals surface area contributed by atoms with Gasteiger partial charge >= 0.3 is 20.5 Å². The topological polar surface area (TPSA) is 118 Å². The maximum absolute atomic E-state index is 13.5. The van der Waals surface area contributed by atoms with Gasteiger partial charge in [0.1, 0.15) is 11.5 Å². The summed E-state index contributed by atoms with van der Waals surface area (Å²) in [5.74, 6) is -1.64. The van der Waals surface area contributed by atoms with E-state index in [9.17, 15) is 19.2 Å². The van der Waals surface area contributed by atoms with Crippen molar-refractivity contribution in [2.45, 2.75) is 78.3 Å². The molecule has 222 valence electrons. The molecule has 0 N–H and O–H groups in total. The number of rotatable bonds is 17. The second-order valence-electron chi connectivity index (χ2n) is 10.1. The standard InChI is InChI=1S/C31H41NO8Si/c1-6-8-14-23(7-2)29(32-39-31(36)25-15-10-9-11-16-25)30(35)24-19-21-26(22-20-24)38-27(33)17-12-13-18-28(34)40-41(4,5)37-3/h9-11,15-16,19-23H,6-8,12-14,17-18H2,1-5H3/b32-29+. The number of Topliss-reactive ketones (excluding diaryl/α,β-unsaturated/α-hetero) is 1. The minimum atomic E-state index is -2.43. The van der Waals surface area contributed by atoms with Crippen molar-refractivity contribution in [1.29, 1.82) is 0 Å². The molecule has 2 aromatic rings. The molecule has 0 radical (unpaired) electrons. The molecular formula is C31H41NO8Si. The van der Waals surface area contributed by atoms with Crippen LogP contribution in [-0.2, 0) is 23.3 Å². The zero-order valence-corrected chi connectivity index (χ0v) is 25.6. The van der Waals surface area contributed by atoms with Crippen LogP contribution in [0.15, 0.2) is 59.8 Å². The lowest BCUT2D eigenvalue weighted by Crippen LogP contribution is -2.35. The highest BCUT2D eigenvalue weighted by molar-refractivity contribution is 6.66. The Morgan fingerprint density at radius 3 is 2.05 bits per heavy atom. The van der Waals surface area contributed by atoms with E-state index in [0.717, 1.165) is 19.3 Å². The molecule has 0 aliphatic rings. The van der Waals surface area contributed by atoms with E-state index in [4.69, 9.17) is 18.4 Å². The summed E-state index contributed by atoms with van der Waals surface area (Å²) >= 11 is 0. The van der Waals surface area contributed by atoms with E-state index in [1.165, 1.54) is 7.11 Å². The highest BCUT2D eigenvalue weighted by Gasteiger charge is 2.27. The van der Waals surface area contributed by atoms with Gasteiger partial charge in [0, 0.05) is 31.4 Å². The van der Waals surface area contributed by atoms with Gasteiger partial charge in [0.15, 0.2) is 0 Å². The Kier molecular flexibility index (Phi) is 14.1. The normalized spacial score (nSPS) is 12.4. The molecule has 0 fully saturated rings. The quantitative estimate of drug-likeness (QED) is 0.0297. The molecule has 41 heavy (non-hydrogen) atoms. The lowest BCUT2D eigenvalue weighted by Gasteiger charge is -2.19. The Balaban J connectivity index is 2.00. The fourth-order valence-electron chi connectivity index (χ4n) is 3.91. The first-order chi connectivity index (χ1) is 19.6. The van der Waals surface area contributed by atoms with Gasteiger partial charge in [-0.3, -0.25) is 14.4 Å². The molecule has 0 aliphatic heterocycles. The molecule has 0 bridgehead atoms. The number of carbonyl (C=O) groups is 4. The summed E-state index contributed by atoms with van der Waals surface area (Å²) < 4.78 is 15.9. The molecule has 1 unspecified atom stereocenters. The van der Waals surface area contributed by atoms with Crippen LogP contribution < -0.4 is 4.74 Å². The van der Waals surface area contributed by atoms with E-state index < -0.39 is 20.5 Å². The van der Waals surface area contributed by atoms with Crippen molar-refractivity contribution in [3.8, 4) is 5.75 Å². The van der Waals surface area contributed by atoms with E-state index in [0.29, 0.717) is 36.1 Å². The van der Waals surface area contributed by atoms with E-state index in [-0.39, 0.29) is 36.2 Å². The molecule has 9 nitrogen and oxygen atoms in total. The zero-order chi connectivity index (χ0) is 30.3. The van der Waals surface area contributed by atoms with Gasteiger partial charge in [-0.2, -0.15) is 0 Å². The monoisotopic (exact) mass is 583 g/mol. The van der Waals surface area contributed by atoms with E-state index in [1.807, 2.05) is 6.92 Å². The van der Waals surface area contributed by atoms with Crippen LogP contribution in [0.5, 0.6) is 5.75 Å². The highest BCUT2D eigenvalue weighted by atomic mass is 28.4. The van der Waals surface area contributed by atoms with Crippen molar-refractivity contribution in [3.05, 3.63) is 65.7 Å². The van der Waals surface area contributed by atoms with E-state index in [2.05, 4.69) is 12.1 Å². The van der Waals surface area contributed by atoms with Gasteiger partial charge in [-0.15, -0.1) is 0 Å². The molecule has 2 rings (SSSR count). The first-order valence-corrected chi connectivity index (χ1v) is 16.9. The third-order valence-electron chi connectivity index (χ3n) is 6.47. The van der Waals surface area contributed by atoms with Crippen LogP contribution >= 0.6 is 0 Å². The molecule has 1 atom stereocenters. The van der Waals surface area contributed by atoms with Crippen molar-refractivity contribution in [2.24, 2.45) is 11.1 Å². The smallest absolute Gasteiger partial charge is 0.394 e. The van der Waals surface area contributed by atoms with Gasteiger partial charge in [0.2, 0.25) is 5.78 Å². The summed E-state index contributed by atoms with van der Waals surface area (Å²) in [6.45, 7) is 7.60. The Hall–Kier alpha value is -3.63. The zero-order valence-electron chi connectivity index (χ0n) is 24.6. The maximum Gasteiger partial charge on any atom is 0.394 e. The molecule has 0 heterocycles. The van der Waals surface area contributed by atoms with E-state index >= 15 is 0 Å². The number of unbranched alkanes of at least 4 members (excludes halogenated alkanes) is 2. The molecule has 0 saturated carbocycles. The molecule has 0 spiro atoms. The number of hydrogen-bond donors (Lipinski definition) is 0. The molecule has 0 saturated heterocycles. The van der Waals surface area contributed by atoms with Crippen LogP contribution in [-0.4, -0.2) is 45.1 Å². The SMILES string of the molecule is CCCCC(CC)/C(=N\OC(=O)c1ccccc1)C(=O)c1ccc(OC(=O)CCCCC(=O)O[Si](C)(C)OC)cc1. The van der Waals surface area contributed by atoms with Crippen molar-refractivity contribution in [1.82, 2.24) is 0 Å². The number of ketones is 1. The first kappa shape index (κ1) is 33.6. The highest BCUT2D eigenvalue weighted by Crippen LogP contribution is 2.21. The molecule has 10 heteroatoms. The Morgan fingerprint density at radius 2 is 1.46 bits per heavy atom.